The van der Waals surface area contributed by atoms with Crippen LogP contribution in [0.25, 0.3) is 0 Å². The zero-order valence-electron chi connectivity index (χ0n) is 12.1. The van der Waals surface area contributed by atoms with Crippen LogP contribution in [0.4, 0.5) is 0 Å². The summed E-state index contributed by atoms with van der Waals surface area (Å²) in [6.07, 6.45) is 0.551. The quantitative estimate of drug-likeness (QED) is 0.674. The fraction of sp³-hybridized carbons (Fsp3) is 0.923. The van der Waals surface area contributed by atoms with Gasteiger partial charge in [-0.25, -0.2) is 0 Å². The highest BCUT2D eigenvalue weighted by Crippen LogP contribution is 1.97. The Balaban J connectivity index is 3.53. The molecule has 0 aliphatic rings. The fourth-order valence-electron chi connectivity index (χ4n) is 1.53. The summed E-state index contributed by atoms with van der Waals surface area (Å²) in [5.74, 6) is 0.133. The van der Waals surface area contributed by atoms with Gasteiger partial charge in [0.1, 0.15) is 0 Å². The van der Waals surface area contributed by atoms with E-state index in [2.05, 4.69) is 50.2 Å². The predicted molar refractivity (Wildman–Crippen MR) is 73.2 cm³/mol. The summed E-state index contributed by atoms with van der Waals surface area (Å²) in [7, 11) is 0. The molecule has 2 N–H and O–H groups in total. The smallest absolute Gasteiger partial charge is 0.221 e. The van der Waals surface area contributed by atoms with Gasteiger partial charge in [0.25, 0.3) is 0 Å². The Hall–Kier alpha value is -0.610. The molecule has 0 aliphatic carbocycles. The van der Waals surface area contributed by atoms with Crippen molar-refractivity contribution in [3.63, 3.8) is 0 Å². The van der Waals surface area contributed by atoms with Crippen molar-refractivity contribution < 1.29 is 4.79 Å². The second kappa shape index (κ2) is 8.48. The maximum Gasteiger partial charge on any atom is 0.221 e. The first kappa shape index (κ1) is 16.4. The van der Waals surface area contributed by atoms with Crippen LogP contribution in [-0.4, -0.2) is 49.1 Å². The van der Waals surface area contributed by atoms with Gasteiger partial charge in [-0.15, -0.1) is 0 Å². The molecule has 0 aromatic rings. The minimum absolute atomic E-state index is 0.0848. The van der Waals surface area contributed by atoms with Crippen molar-refractivity contribution >= 4 is 5.91 Å². The number of carbonyl (C=O) groups is 1. The van der Waals surface area contributed by atoms with Crippen LogP contribution < -0.4 is 10.6 Å². The maximum atomic E-state index is 11.5. The van der Waals surface area contributed by atoms with Crippen LogP contribution in [0.2, 0.25) is 0 Å². The molecule has 0 atom stereocenters. The first-order valence-electron chi connectivity index (χ1n) is 6.63. The van der Waals surface area contributed by atoms with Crippen LogP contribution >= 0.6 is 0 Å². The number of nitrogens with zero attached hydrogens (tertiary/aromatic N) is 1. The van der Waals surface area contributed by atoms with Crippen molar-refractivity contribution in [1.29, 1.82) is 0 Å². The van der Waals surface area contributed by atoms with Crippen molar-refractivity contribution in [3.05, 3.63) is 0 Å². The monoisotopic (exact) mass is 243 g/mol. The lowest BCUT2D eigenvalue weighted by Gasteiger charge is -2.20. The van der Waals surface area contributed by atoms with Gasteiger partial charge in [0.2, 0.25) is 5.91 Å². The van der Waals surface area contributed by atoms with Crippen LogP contribution in [0, 0.1) is 0 Å². The average molecular weight is 243 g/mol. The molecule has 17 heavy (non-hydrogen) atoms. The molecule has 0 heterocycles. The summed E-state index contributed by atoms with van der Waals surface area (Å²) in [6.45, 7) is 15.1. The molecular weight excluding hydrogens is 214 g/mol. The molecule has 1 amide bonds. The summed E-state index contributed by atoms with van der Waals surface area (Å²) in [5.41, 5.74) is 0.0848. The molecule has 0 radical (unpaired) electrons. The second-order valence-corrected chi connectivity index (χ2v) is 5.30. The van der Waals surface area contributed by atoms with E-state index in [9.17, 15) is 4.79 Å². The number of hydrogen-bond acceptors (Lipinski definition) is 3. The highest BCUT2D eigenvalue weighted by atomic mass is 16.1. The molecule has 0 aliphatic heterocycles. The van der Waals surface area contributed by atoms with E-state index >= 15 is 0 Å². The largest absolute Gasteiger partial charge is 0.355 e. The fourth-order valence-corrected chi connectivity index (χ4v) is 1.53. The first-order valence-corrected chi connectivity index (χ1v) is 6.63. The summed E-state index contributed by atoms with van der Waals surface area (Å²) < 4.78 is 0. The third kappa shape index (κ3) is 10.3. The van der Waals surface area contributed by atoms with E-state index in [4.69, 9.17) is 0 Å². The van der Waals surface area contributed by atoms with Crippen LogP contribution in [0.15, 0.2) is 0 Å². The molecule has 0 bridgehead atoms. The van der Waals surface area contributed by atoms with E-state index in [-0.39, 0.29) is 11.4 Å². The Kier molecular flexibility index (Phi) is 8.17. The Morgan fingerprint density at radius 3 is 2.18 bits per heavy atom. The highest BCUT2D eigenvalue weighted by molar-refractivity contribution is 5.76. The number of rotatable bonds is 8. The van der Waals surface area contributed by atoms with Gasteiger partial charge in [-0.1, -0.05) is 13.8 Å². The Morgan fingerprint density at radius 2 is 1.71 bits per heavy atom. The molecule has 0 fully saturated rings. The highest BCUT2D eigenvalue weighted by Gasteiger charge is 2.09. The van der Waals surface area contributed by atoms with Crippen LogP contribution in [-0.2, 0) is 4.79 Å². The molecule has 0 rings (SSSR count). The lowest BCUT2D eigenvalue weighted by Crippen LogP contribution is -2.39. The van der Waals surface area contributed by atoms with Gasteiger partial charge in [-0.05, 0) is 33.9 Å². The standard InChI is InChI=1S/C13H29N3O/c1-6-16(7-2)11-10-14-12(17)8-9-15-13(3,4)5/h15H,6-11H2,1-5H3,(H,14,17). The van der Waals surface area contributed by atoms with Crippen molar-refractivity contribution in [2.24, 2.45) is 0 Å². The number of hydrogen-bond donors (Lipinski definition) is 2. The molecule has 4 heteroatoms. The first-order chi connectivity index (χ1) is 7.89. The van der Waals surface area contributed by atoms with Crippen molar-refractivity contribution in [2.75, 3.05) is 32.7 Å². The average Bonchev–Trinajstić information content (AvgIpc) is 2.22. The molecule has 0 spiro atoms. The van der Waals surface area contributed by atoms with E-state index in [1.165, 1.54) is 0 Å². The van der Waals surface area contributed by atoms with E-state index in [1.54, 1.807) is 0 Å². The van der Waals surface area contributed by atoms with Gasteiger partial charge in [0.05, 0.1) is 0 Å². The SMILES string of the molecule is CCN(CC)CCNC(=O)CCNC(C)(C)C. The number of amides is 1. The van der Waals surface area contributed by atoms with Gasteiger partial charge in [0, 0.05) is 31.6 Å². The topological polar surface area (TPSA) is 44.4 Å². The van der Waals surface area contributed by atoms with Gasteiger partial charge < -0.3 is 15.5 Å². The molecule has 0 aromatic carbocycles. The molecular formula is C13H29N3O. The van der Waals surface area contributed by atoms with Gasteiger partial charge in [-0.2, -0.15) is 0 Å². The Bertz CT molecular complexity index is 207. The minimum atomic E-state index is 0.0848. The predicted octanol–water partition coefficient (Wildman–Crippen LogP) is 1.22. The number of likely N-dealkylation sites (N-methyl/N-ethyl adjacent to an activating group) is 1. The summed E-state index contributed by atoms with van der Waals surface area (Å²) >= 11 is 0. The number of nitrogens with one attached hydrogen (secondary N) is 2. The maximum absolute atomic E-state index is 11.5. The van der Waals surface area contributed by atoms with Gasteiger partial charge in [0.15, 0.2) is 0 Å². The molecule has 4 nitrogen and oxygen atoms in total. The summed E-state index contributed by atoms with van der Waals surface area (Å²) in [5, 5.41) is 6.25. The minimum Gasteiger partial charge on any atom is -0.355 e. The van der Waals surface area contributed by atoms with Gasteiger partial charge >= 0.3 is 0 Å². The second-order valence-electron chi connectivity index (χ2n) is 5.30. The molecule has 0 unspecified atom stereocenters. The number of carbonyl (C=O) groups excluding carboxylic acids is 1. The molecule has 0 saturated heterocycles. The normalized spacial score (nSPS) is 11.9. The Morgan fingerprint density at radius 1 is 1.12 bits per heavy atom. The molecule has 102 valence electrons. The van der Waals surface area contributed by atoms with Crippen LogP contribution in [0.5, 0.6) is 0 Å². The lowest BCUT2D eigenvalue weighted by atomic mass is 10.1. The van der Waals surface area contributed by atoms with E-state index < -0.39 is 0 Å². The summed E-state index contributed by atoms with van der Waals surface area (Å²) in [4.78, 5) is 13.8. The molecule has 0 saturated carbocycles. The molecule has 0 aromatic heterocycles. The zero-order valence-corrected chi connectivity index (χ0v) is 12.1. The van der Waals surface area contributed by atoms with Crippen molar-refractivity contribution in [3.8, 4) is 0 Å². The third-order valence-corrected chi connectivity index (χ3v) is 2.65. The van der Waals surface area contributed by atoms with E-state index in [0.717, 1.165) is 32.7 Å². The zero-order chi connectivity index (χ0) is 13.3. The van der Waals surface area contributed by atoms with Crippen LogP contribution in [0.1, 0.15) is 41.0 Å². The van der Waals surface area contributed by atoms with E-state index in [1.807, 2.05) is 0 Å². The Labute approximate surface area is 106 Å². The van der Waals surface area contributed by atoms with Gasteiger partial charge in [-0.3, -0.25) is 4.79 Å². The third-order valence-electron chi connectivity index (χ3n) is 2.65. The van der Waals surface area contributed by atoms with Crippen LogP contribution in [0.3, 0.4) is 0 Å². The summed E-state index contributed by atoms with van der Waals surface area (Å²) in [6, 6.07) is 0. The van der Waals surface area contributed by atoms with Crippen molar-refractivity contribution in [1.82, 2.24) is 15.5 Å². The van der Waals surface area contributed by atoms with E-state index in [0.29, 0.717) is 6.42 Å². The van der Waals surface area contributed by atoms with Crippen molar-refractivity contribution in [2.45, 2.75) is 46.6 Å². The lowest BCUT2D eigenvalue weighted by molar-refractivity contribution is -0.121.